The smallest absolute Gasteiger partial charge is 0.308 e. The summed E-state index contributed by atoms with van der Waals surface area (Å²) in [4.78, 5) is 0. The van der Waals surface area contributed by atoms with Crippen molar-refractivity contribution >= 4 is 15.2 Å². The maximum absolute atomic E-state index is 13.4. The van der Waals surface area contributed by atoms with Crippen molar-refractivity contribution in [3.8, 4) is 0 Å². The third-order valence-electron chi connectivity index (χ3n) is 3.49. The van der Waals surface area contributed by atoms with E-state index in [1.807, 2.05) is 6.08 Å². The number of hydrogen-bond acceptors (Lipinski definition) is 6. The summed E-state index contributed by atoms with van der Waals surface area (Å²) in [5.41, 5.74) is 0.812. The van der Waals surface area contributed by atoms with Gasteiger partial charge >= 0.3 is 15.2 Å². The molecule has 1 rings (SSSR count). The fraction of sp³-hybridized carbons (Fsp3) is 0.867. The molecule has 0 fully saturated rings. The van der Waals surface area contributed by atoms with Crippen molar-refractivity contribution in [3.63, 3.8) is 0 Å². The Morgan fingerprint density at radius 2 is 1.30 bits per heavy atom. The van der Waals surface area contributed by atoms with Crippen LogP contribution >= 0.6 is 15.2 Å². The van der Waals surface area contributed by atoms with E-state index in [2.05, 4.69) is 0 Å². The van der Waals surface area contributed by atoms with Gasteiger partial charge in [-0.25, -0.2) is 0 Å². The number of hydrogen-bond donors (Lipinski definition) is 0. The molecular weight excluding hydrogens is 338 g/mol. The molecule has 0 aromatic carbocycles. The van der Waals surface area contributed by atoms with Crippen molar-refractivity contribution in [3.05, 3.63) is 11.6 Å². The lowest BCUT2D eigenvalue weighted by Crippen LogP contribution is -2.21. The summed E-state index contributed by atoms with van der Waals surface area (Å²) in [6, 6.07) is 0. The molecule has 0 radical (unpaired) electrons. The first-order valence-electron chi connectivity index (χ1n) is 8.43. The summed E-state index contributed by atoms with van der Waals surface area (Å²) >= 11 is 0. The Labute approximate surface area is 140 Å². The topological polar surface area (TPSA) is 71.1 Å². The maximum Gasteiger partial charge on any atom is 0.349 e. The highest BCUT2D eigenvalue weighted by atomic mass is 31.2. The standard InChI is InChI=1S/C15H30O6P2/c1-5-18-22(16,19-6-2)15(14-12-10-9-11-13-14)23(17,20-7-3)21-8-4/h12,15H,5-11,13H2,1-4H3. The second-order valence-corrected chi connectivity index (χ2v) is 9.78. The zero-order valence-electron chi connectivity index (χ0n) is 14.7. The summed E-state index contributed by atoms with van der Waals surface area (Å²) < 4.78 is 48.7. The lowest BCUT2D eigenvalue weighted by molar-refractivity contribution is 0.198. The summed E-state index contributed by atoms with van der Waals surface area (Å²) in [7, 11) is -7.32. The molecular formula is C15H30O6P2. The van der Waals surface area contributed by atoms with E-state index < -0.39 is 20.6 Å². The molecule has 23 heavy (non-hydrogen) atoms. The Hall–Kier alpha value is 0.0400. The van der Waals surface area contributed by atoms with E-state index in [-0.39, 0.29) is 26.4 Å². The summed E-state index contributed by atoms with van der Waals surface area (Å²) in [5.74, 6) is 0. The Morgan fingerprint density at radius 3 is 1.61 bits per heavy atom. The van der Waals surface area contributed by atoms with Gasteiger partial charge < -0.3 is 18.1 Å². The molecule has 1 aliphatic carbocycles. The van der Waals surface area contributed by atoms with Gasteiger partial charge in [0.15, 0.2) is 5.40 Å². The van der Waals surface area contributed by atoms with E-state index in [1.165, 1.54) is 0 Å². The van der Waals surface area contributed by atoms with Crippen molar-refractivity contribution in [2.75, 3.05) is 26.4 Å². The Morgan fingerprint density at radius 1 is 0.870 bits per heavy atom. The molecule has 0 bridgehead atoms. The fourth-order valence-electron chi connectivity index (χ4n) is 2.75. The molecule has 0 atom stereocenters. The van der Waals surface area contributed by atoms with Crippen LogP contribution < -0.4 is 0 Å². The van der Waals surface area contributed by atoms with Crippen molar-refractivity contribution < 1.29 is 27.2 Å². The van der Waals surface area contributed by atoms with E-state index in [4.69, 9.17) is 18.1 Å². The molecule has 0 spiro atoms. The number of allylic oxidation sites excluding steroid dienone is 2. The van der Waals surface area contributed by atoms with Crippen molar-refractivity contribution in [2.24, 2.45) is 0 Å². The molecule has 136 valence electrons. The summed E-state index contributed by atoms with van der Waals surface area (Å²) in [6.07, 6.45) is 5.58. The zero-order chi connectivity index (χ0) is 17.3. The van der Waals surface area contributed by atoms with Crippen molar-refractivity contribution in [1.29, 1.82) is 0 Å². The van der Waals surface area contributed by atoms with Gasteiger partial charge in [-0.2, -0.15) is 0 Å². The van der Waals surface area contributed by atoms with E-state index in [9.17, 15) is 9.13 Å². The van der Waals surface area contributed by atoms with Gasteiger partial charge in [0.2, 0.25) is 0 Å². The fourth-order valence-corrected chi connectivity index (χ4v) is 8.37. The lowest BCUT2D eigenvalue weighted by Gasteiger charge is -2.33. The quantitative estimate of drug-likeness (QED) is 0.362. The molecule has 0 N–H and O–H groups in total. The van der Waals surface area contributed by atoms with E-state index in [0.29, 0.717) is 6.42 Å². The van der Waals surface area contributed by atoms with Gasteiger partial charge in [-0.15, -0.1) is 0 Å². The first kappa shape index (κ1) is 21.1. The molecule has 0 aliphatic heterocycles. The van der Waals surface area contributed by atoms with Crippen LogP contribution in [-0.2, 0) is 27.2 Å². The summed E-state index contributed by atoms with van der Waals surface area (Å²) in [6.45, 7) is 7.79. The lowest BCUT2D eigenvalue weighted by atomic mass is 10.0. The molecule has 0 saturated heterocycles. The van der Waals surface area contributed by atoms with E-state index in [0.717, 1.165) is 24.8 Å². The van der Waals surface area contributed by atoms with E-state index in [1.54, 1.807) is 27.7 Å². The Bertz CT molecular complexity index is 427. The molecule has 0 saturated carbocycles. The largest absolute Gasteiger partial charge is 0.349 e. The average Bonchev–Trinajstić information content (AvgIpc) is 2.49. The predicted molar refractivity (Wildman–Crippen MR) is 92.1 cm³/mol. The second-order valence-electron chi connectivity index (χ2n) is 5.15. The van der Waals surface area contributed by atoms with Gasteiger partial charge in [-0.05, 0) is 59.0 Å². The van der Waals surface area contributed by atoms with Crippen LogP contribution in [0.3, 0.4) is 0 Å². The first-order chi connectivity index (χ1) is 11.0. The molecule has 0 unspecified atom stereocenters. The maximum atomic E-state index is 13.4. The minimum Gasteiger partial charge on any atom is -0.308 e. The monoisotopic (exact) mass is 368 g/mol. The van der Waals surface area contributed by atoms with Gasteiger partial charge in [-0.1, -0.05) is 6.08 Å². The van der Waals surface area contributed by atoms with Crippen LogP contribution in [0.5, 0.6) is 0 Å². The van der Waals surface area contributed by atoms with Crippen molar-refractivity contribution in [1.82, 2.24) is 0 Å². The van der Waals surface area contributed by atoms with Crippen LogP contribution in [0.1, 0.15) is 53.4 Å². The minimum atomic E-state index is -3.66. The molecule has 0 aromatic heterocycles. The van der Waals surface area contributed by atoms with Crippen LogP contribution in [0, 0.1) is 0 Å². The first-order valence-corrected chi connectivity index (χ1v) is 11.7. The number of rotatable bonds is 11. The minimum absolute atomic E-state index is 0.208. The van der Waals surface area contributed by atoms with Gasteiger partial charge in [0, 0.05) is 0 Å². The van der Waals surface area contributed by atoms with Crippen LogP contribution in [0.15, 0.2) is 11.6 Å². The Balaban J connectivity index is 3.36. The van der Waals surface area contributed by atoms with Crippen LogP contribution in [0.25, 0.3) is 0 Å². The molecule has 6 nitrogen and oxygen atoms in total. The zero-order valence-corrected chi connectivity index (χ0v) is 16.4. The normalized spacial score (nSPS) is 16.7. The third kappa shape index (κ3) is 5.52. The molecule has 0 heterocycles. The van der Waals surface area contributed by atoms with Gasteiger partial charge in [0.1, 0.15) is 0 Å². The van der Waals surface area contributed by atoms with Crippen LogP contribution in [0.4, 0.5) is 0 Å². The van der Waals surface area contributed by atoms with Gasteiger partial charge in [0.05, 0.1) is 26.4 Å². The van der Waals surface area contributed by atoms with Gasteiger partial charge in [0.25, 0.3) is 0 Å². The van der Waals surface area contributed by atoms with Gasteiger partial charge in [-0.3, -0.25) is 9.13 Å². The second kappa shape index (κ2) is 10.1. The molecule has 1 aliphatic rings. The average molecular weight is 368 g/mol. The Kier molecular flexibility index (Phi) is 9.28. The highest BCUT2D eigenvalue weighted by molar-refractivity contribution is 7.73. The third-order valence-corrected chi connectivity index (χ3v) is 9.52. The molecule has 0 aromatic rings. The highest BCUT2D eigenvalue weighted by Crippen LogP contribution is 2.73. The predicted octanol–water partition coefficient (Wildman–Crippen LogP) is 5.35. The molecule has 0 amide bonds. The van der Waals surface area contributed by atoms with Crippen molar-refractivity contribution in [2.45, 2.75) is 58.8 Å². The van der Waals surface area contributed by atoms with Crippen LogP contribution in [0.2, 0.25) is 0 Å². The summed E-state index contributed by atoms with van der Waals surface area (Å²) in [5, 5.41) is -0.977. The molecule has 8 heteroatoms. The van der Waals surface area contributed by atoms with Crippen LogP contribution in [-0.4, -0.2) is 31.8 Å². The highest BCUT2D eigenvalue weighted by Gasteiger charge is 2.52. The SMILES string of the molecule is CCOP(=O)(OCC)C(C1=CCCCC1)P(=O)(OCC)OCC. The van der Waals surface area contributed by atoms with E-state index >= 15 is 0 Å².